The molecule has 1 aromatic heterocycles. The highest BCUT2D eigenvalue weighted by molar-refractivity contribution is 8.01. The van der Waals surface area contributed by atoms with E-state index in [0.29, 0.717) is 0 Å². The Labute approximate surface area is 88.4 Å². The van der Waals surface area contributed by atoms with Crippen molar-refractivity contribution in [2.24, 2.45) is 0 Å². The third-order valence-electron chi connectivity index (χ3n) is 1.55. The molecule has 0 bridgehead atoms. The number of thioether (sulfide) groups is 1. The summed E-state index contributed by atoms with van der Waals surface area (Å²) < 4.78 is 1.40. The summed E-state index contributed by atoms with van der Waals surface area (Å²) in [7, 11) is 0. The average Bonchev–Trinajstić information content (AvgIpc) is 2.54. The molecule has 0 aliphatic carbocycles. The second-order valence-electron chi connectivity index (χ2n) is 2.64. The molecule has 0 amide bonds. The maximum absolute atomic E-state index is 3.73. The van der Waals surface area contributed by atoms with Crippen molar-refractivity contribution in [3.63, 3.8) is 0 Å². The topological polar surface area (TPSA) is 0 Å². The SMILES string of the molecule is C=CCCSc1ccc(CC=C)s1. The van der Waals surface area contributed by atoms with Crippen molar-refractivity contribution >= 4 is 23.1 Å². The van der Waals surface area contributed by atoms with E-state index >= 15 is 0 Å². The van der Waals surface area contributed by atoms with Crippen molar-refractivity contribution in [1.29, 1.82) is 0 Å². The van der Waals surface area contributed by atoms with E-state index in [9.17, 15) is 0 Å². The number of hydrogen-bond donors (Lipinski definition) is 0. The van der Waals surface area contributed by atoms with Gasteiger partial charge in [-0.3, -0.25) is 0 Å². The number of thiophene rings is 1. The highest BCUT2D eigenvalue weighted by atomic mass is 32.2. The van der Waals surface area contributed by atoms with Crippen LogP contribution in [0.3, 0.4) is 0 Å². The standard InChI is InChI=1S/C11H14S2/c1-3-5-9-12-11-8-7-10(13-11)6-4-2/h3-4,7-8H,1-2,5-6,9H2. The van der Waals surface area contributed by atoms with Gasteiger partial charge in [0.1, 0.15) is 0 Å². The van der Waals surface area contributed by atoms with Gasteiger partial charge in [-0.1, -0.05) is 12.2 Å². The molecule has 1 aromatic rings. The van der Waals surface area contributed by atoms with Crippen LogP contribution in [0.1, 0.15) is 11.3 Å². The third-order valence-corrected chi connectivity index (χ3v) is 3.91. The smallest absolute Gasteiger partial charge is 0.0601 e. The number of rotatable bonds is 6. The molecule has 1 rings (SSSR count). The molecule has 2 heteroatoms. The Kier molecular flexibility index (Phi) is 4.94. The van der Waals surface area contributed by atoms with Crippen molar-refractivity contribution in [2.75, 3.05) is 5.75 Å². The summed E-state index contributed by atoms with van der Waals surface area (Å²) >= 11 is 3.77. The highest BCUT2D eigenvalue weighted by Crippen LogP contribution is 2.28. The van der Waals surface area contributed by atoms with Gasteiger partial charge in [0.05, 0.1) is 4.21 Å². The molecule has 0 radical (unpaired) electrons. The molecule has 0 aliphatic heterocycles. The Morgan fingerprint density at radius 2 is 2.15 bits per heavy atom. The molecule has 0 spiro atoms. The molecule has 0 nitrogen and oxygen atoms in total. The normalized spacial score (nSPS) is 9.85. The summed E-state index contributed by atoms with van der Waals surface area (Å²) in [5, 5.41) is 0. The van der Waals surface area contributed by atoms with Gasteiger partial charge in [-0.25, -0.2) is 0 Å². The zero-order valence-electron chi connectivity index (χ0n) is 7.66. The lowest BCUT2D eigenvalue weighted by molar-refractivity contribution is 1.25. The summed E-state index contributed by atoms with van der Waals surface area (Å²) in [6, 6.07) is 4.37. The quantitative estimate of drug-likeness (QED) is 0.386. The summed E-state index contributed by atoms with van der Waals surface area (Å²) in [4.78, 5) is 1.40. The van der Waals surface area contributed by atoms with Crippen LogP contribution in [-0.4, -0.2) is 5.75 Å². The Morgan fingerprint density at radius 1 is 1.31 bits per heavy atom. The molecule has 0 atom stereocenters. The van der Waals surface area contributed by atoms with Crippen LogP contribution in [0.15, 0.2) is 41.7 Å². The van der Waals surface area contributed by atoms with Crippen LogP contribution in [0.4, 0.5) is 0 Å². The largest absolute Gasteiger partial charge is 0.134 e. The van der Waals surface area contributed by atoms with Crippen LogP contribution in [-0.2, 0) is 6.42 Å². The summed E-state index contributed by atoms with van der Waals surface area (Å²) in [5.74, 6) is 1.14. The van der Waals surface area contributed by atoms with E-state index in [4.69, 9.17) is 0 Å². The molecule has 0 aromatic carbocycles. The Morgan fingerprint density at radius 3 is 2.85 bits per heavy atom. The highest BCUT2D eigenvalue weighted by Gasteiger charge is 1.98. The second-order valence-corrected chi connectivity index (χ2v) is 5.20. The molecule has 13 heavy (non-hydrogen) atoms. The third kappa shape index (κ3) is 3.83. The molecule has 1 heterocycles. The monoisotopic (exact) mass is 210 g/mol. The summed E-state index contributed by atoms with van der Waals surface area (Å²) in [6.07, 6.45) is 5.99. The first-order valence-electron chi connectivity index (χ1n) is 4.30. The van der Waals surface area contributed by atoms with Gasteiger partial charge in [0.15, 0.2) is 0 Å². The molecule has 0 unspecified atom stereocenters. The lowest BCUT2D eigenvalue weighted by atomic mass is 10.3. The van der Waals surface area contributed by atoms with Crippen LogP contribution in [0.5, 0.6) is 0 Å². The molecule has 0 saturated carbocycles. The summed E-state index contributed by atoms with van der Waals surface area (Å²) in [5.41, 5.74) is 0. The van der Waals surface area contributed by atoms with Gasteiger partial charge in [-0.15, -0.1) is 36.3 Å². The maximum Gasteiger partial charge on any atom is 0.0601 e. The average molecular weight is 210 g/mol. The number of allylic oxidation sites excluding steroid dienone is 2. The van der Waals surface area contributed by atoms with Crippen molar-refractivity contribution in [3.05, 3.63) is 42.3 Å². The van der Waals surface area contributed by atoms with Gasteiger partial charge in [0, 0.05) is 10.6 Å². The van der Waals surface area contributed by atoms with E-state index in [1.54, 1.807) is 0 Å². The first-order valence-corrected chi connectivity index (χ1v) is 6.10. The van der Waals surface area contributed by atoms with Gasteiger partial charge in [0.25, 0.3) is 0 Å². The van der Waals surface area contributed by atoms with Crippen LogP contribution < -0.4 is 0 Å². The zero-order valence-corrected chi connectivity index (χ0v) is 9.29. The van der Waals surface area contributed by atoms with Gasteiger partial charge in [-0.2, -0.15) is 0 Å². The first-order chi connectivity index (χ1) is 6.36. The van der Waals surface area contributed by atoms with Gasteiger partial charge < -0.3 is 0 Å². The van der Waals surface area contributed by atoms with Crippen molar-refractivity contribution in [1.82, 2.24) is 0 Å². The summed E-state index contributed by atoms with van der Waals surface area (Å²) in [6.45, 7) is 7.43. The molecule has 70 valence electrons. The molecular weight excluding hydrogens is 196 g/mol. The minimum absolute atomic E-state index is 0.993. The van der Waals surface area contributed by atoms with Crippen LogP contribution in [0.25, 0.3) is 0 Å². The Balaban J connectivity index is 2.39. The Hall–Kier alpha value is -0.470. The first kappa shape index (κ1) is 10.6. The minimum Gasteiger partial charge on any atom is -0.134 e. The van der Waals surface area contributed by atoms with Crippen LogP contribution in [0.2, 0.25) is 0 Å². The molecule has 0 saturated heterocycles. The second kappa shape index (κ2) is 6.06. The molecular formula is C11H14S2. The van der Waals surface area contributed by atoms with E-state index in [-0.39, 0.29) is 0 Å². The predicted octanol–water partition coefficient (Wildman–Crippen LogP) is 4.14. The Bertz CT molecular complexity index is 273. The van der Waals surface area contributed by atoms with E-state index in [1.807, 2.05) is 35.3 Å². The lowest BCUT2D eigenvalue weighted by Crippen LogP contribution is -1.71. The van der Waals surface area contributed by atoms with E-state index in [1.165, 1.54) is 9.09 Å². The molecule has 0 N–H and O–H groups in total. The van der Waals surface area contributed by atoms with Crippen LogP contribution in [0, 0.1) is 0 Å². The predicted molar refractivity (Wildman–Crippen MR) is 63.8 cm³/mol. The van der Waals surface area contributed by atoms with Crippen molar-refractivity contribution < 1.29 is 0 Å². The van der Waals surface area contributed by atoms with Crippen molar-refractivity contribution in [3.8, 4) is 0 Å². The van der Waals surface area contributed by atoms with Gasteiger partial charge in [0.2, 0.25) is 0 Å². The zero-order chi connectivity index (χ0) is 9.52. The van der Waals surface area contributed by atoms with Gasteiger partial charge in [-0.05, 0) is 25.0 Å². The van der Waals surface area contributed by atoms with E-state index in [0.717, 1.165) is 18.6 Å². The fourth-order valence-corrected chi connectivity index (χ4v) is 3.12. The molecule has 0 aliphatic rings. The van der Waals surface area contributed by atoms with Crippen LogP contribution >= 0.6 is 23.1 Å². The van der Waals surface area contributed by atoms with Gasteiger partial charge >= 0.3 is 0 Å². The van der Waals surface area contributed by atoms with E-state index < -0.39 is 0 Å². The fraction of sp³-hybridized carbons (Fsp3) is 0.273. The minimum atomic E-state index is 0.993. The van der Waals surface area contributed by atoms with E-state index in [2.05, 4.69) is 25.3 Å². The lowest BCUT2D eigenvalue weighted by Gasteiger charge is -1.92. The fourth-order valence-electron chi connectivity index (χ4n) is 0.931. The van der Waals surface area contributed by atoms with Crippen molar-refractivity contribution in [2.45, 2.75) is 17.1 Å². The maximum atomic E-state index is 3.73. The number of hydrogen-bond acceptors (Lipinski definition) is 2. The molecule has 0 fully saturated rings.